The van der Waals surface area contributed by atoms with Gasteiger partial charge in [-0.25, -0.2) is 0 Å². The van der Waals surface area contributed by atoms with E-state index in [4.69, 9.17) is 14.2 Å². The Balaban J connectivity index is 1.84. The molecule has 5 heteroatoms. The number of ether oxygens (including phenoxy) is 3. The molecule has 5 nitrogen and oxygen atoms in total. The average Bonchev–Trinajstić information content (AvgIpc) is 2.61. The van der Waals surface area contributed by atoms with Gasteiger partial charge in [-0.05, 0) is 54.3 Å². The standard InChI is InChI=1S/C20H25NO4/c1-13-5-15-8-19(22)20(25-4)9-16(15)12-21(13)11-14-6-17(23-2)10-18(7-14)24-3/h6-10,13,22H,5,11-12H2,1-4H3. The molecular formula is C20H25NO4. The number of hydrogen-bond donors (Lipinski definition) is 1. The summed E-state index contributed by atoms with van der Waals surface area (Å²) in [6.07, 6.45) is 0.897. The van der Waals surface area contributed by atoms with Crippen LogP contribution in [0.15, 0.2) is 30.3 Å². The third kappa shape index (κ3) is 3.66. The zero-order valence-corrected chi connectivity index (χ0v) is 15.2. The number of hydrogen-bond acceptors (Lipinski definition) is 5. The Labute approximate surface area is 148 Å². The van der Waals surface area contributed by atoms with E-state index in [2.05, 4.69) is 11.8 Å². The average molecular weight is 343 g/mol. The van der Waals surface area contributed by atoms with Crippen molar-refractivity contribution >= 4 is 0 Å². The van der Waals surface area contributed by atoms with E-state index < -0.39 is 0 Å². The van der Waals surface area contributed by atoms with E-state index in [1.54, 1.807) is 21.3 Å². The predicted octanol–water partition coefficient (Wildman–Crippen LogP) is 3.36. The van der Waals surface area contributed by atoms with Gasteiger partial charge in [0.25, 0.3) is 0 Å². The Morgan fingerprint density at radius 3 is 2.24 bits per heavy atom. The van der Waals surface area contributed by atoms with Crippen molar-refractivity contribution in [3.63, 3.8) is 0 Å². The van der Waals surface area contributed by atoms with Gasteiger partial charge >= 0.3 is 0 Å². The number of nitrogens with zero attached hydrogens (tertiary/aromatic N) is 1. The summed E-state index contributed by atoms with van der Waals surface area (Å²) in [4.78, 5) is 2.41. The fraction of sp³-hybridized carbons (Fsp3) is 0.400. The molecule has 0 fully saturated rings. The lowest BCUT2D eigenvalue weighted by molar-refractivity contribution is 0.174. The first-order chi connectivity index (χ1) is 12.0. The lowest BCUT2D eigenvalue weighted by Gasteiger charge is -2.35. The van der Waals surface area contributed by atoms with Gasteiger partial charge in [0.1, 0.15) is 11.5 Å². The summed E-state index contributed by atoms with van der Waals surface area (Å²) in [7, 11) is 4.90. The van der Waals surface area contributed by atoms with Crippen LogP contribution in [-0.4, -0.2) is 37.4 Å². The fourth-order valence-corrected chi connectivity index (χ4v) is 3.38. The molecule has 1 atom stereocenters. The summed E-state index contributed by atoms with van der Waals surface area (Å²) in [5.74, 6) is 2.33. The minimum Gasteiger partial charge on any atom is -0.504 e. The molecule has 0 spiro atoms. The molecule has 2 aromatic carbocycles. The Bertz CT molecular complexity index is 737. The highest BCUT2D eigenvalue weighted by molar-refractivity contribution is 5.47. The van der Waals surface area contributed by atoms with Crippen molar-refractivity contribution in [1.82, 2.24) is 4.90 Å². The van der Waals surface area contributed by atoms with Crippen LogP contribution in [0.3, 0.4) is 0 Å². The van der Waals surface area contributed by atoms with Crippen LogP contribution in [0.1, 0.15) is 23.6 Å². The van der Waals surface area contributed by atoms with Crippen LogP contribution in [0.2, 0.25) is 0 Å². The van der Waals surface area contributed by atoms with Crippen molar-refractivity contribution in [2.75, 3.05) is 21.3 Å². The van der Waals surface area contributed by atoms with Crippen LogP contribution in [0.4, 0.5) is 0 Å². The third-order valence-electron chi connectivity index (χ3n) is 4.81. The monoisotopic (exact) mass is 343 g/mol. The zero-order valence-electron chi connectivity index (χ0n) is 15.2. The molecule has 2 aromatic rings. The van der Waals surface area contributed by atoms with Crippen molar-refractivity contribution in [2.24, 2.45) is 0 Å². The third-order valence-corrected chi connectivity index (χ3v) is 4.81. The fourth-order valence-electron chi connectivity index (χ4n) is 3.38. The van der Waals surface area contributed by atoms with Crippen LogP contribution in [-0.2, 0) is 19.5 Å². The highest BCUT2D eigenvalue weighted by Gasteiger charge is 2.24. The number of fused-ring (bicyclic) bond motifs is 1. The minimum absolute atomic E-state index is 0.208. The van der Waals surface area contributed by atoms with Gasteiger partial charge in [-0.15, -0.1) is 0 Å². The summed E-state index contributed by atoms with van der Waals surface area (Å²) < 4.78 is 16.0. The van der Waals surface area contributed by atoms with Gasteiger partial charge in [0.15, 0.2) is 11.5 Å². The predicted molar refractivity (Wildman–Crippen MR) is 96.6 cm³/mol. The molecule has 25 heavy (non-hydrogen) atoms. The van der Waals surface area contributed by atoms with Crippen molar-refractivity contribution in [1.29, 1.82) is 0 Å². The van der Waals surface area contributed by atoms with Crippen LogP contribution >= 0.6 is 0 Å². The molecule has 1 aliphatic rings. The van der Waals surface area contributed by atoms with Gasteiger partial charge in [0, 0.05) is 25.2 Å². The van der Waals surface area contributed by atoms with Gasteiger partial charge < -0.3 is 19.3 Å². The number of rotatable bonds is 5. The highest BCUT2D eigenvalue weighted by Crippen LogP contribution is 2.34. The van der Waals surface area contributed by atoms with E-state index in [1.807, 2.05) is 30.3 Å². The number of methoxy groups -OCH3 is 3. The van der Waals surface area contributed by atoms with Gasteiger partial charge in [0.2, 0.25) is 0 Å². The second kappa shape index (κ2) is 7.23. The number of phenolic OH excluding ortho intramolecular Hbond substituents is 1. The molecule has 0 radical (unpaired) electrons. The molecule has 0 amide bonds. The summed E-state index contributed by atoms with van der Waals surface area (Å²) in [5, 5.41) is 10.0. The number of aromatic hydroxyl groups is 1. The smallest absolute Gasteiger partial charge is 0.160 e. The van der Waals surface area contributed by atoms with Gasteiger partial charge in [0.05, 0.1) is 21.3 Å². The maximum Gasteiger partial charge on any atom is 0.160 e. The van der Waals surface area contributed by atoms with Crippen molar-refractivity contribution in [2.45, 2.75) is 32.5 Å². The normalized spacial score (nSPS) is 17.0. The Morgan fingerprint density at radius 2 is 1.64 bits per heavy atom. The van der Waals surface area contributed by atoms with Gasteiger partial charge in [-0.2, -0.15) is 0 Å². The molecule has 0 bridgehead atoms. The van der Waals surface area contributed by atoms with Crippen molar-refractivity contribution < 1.29 is 19.3 Å². The Kier molecular flexibility index (Phi) is 5.04. The molecule has 3 rings (SSSR count). The van der Waals surface area contributed by atoms with Crippen LogP contribution in [0.5, 0.6) is 23.0 Å². The molecule has 1 N–H and O–H groups in total. The largest absolute Gasteiger partial charge is 0.504 e. The topological polar surface area (TPSA) is 51.2 Å². The molecule has 0 saturated heterocycles. The van der Waals surface area contributed by atoms with Crippen LogP contribution in [0, 0.1) is 0 Å². The maximum atomic E-state index is 10.0. The maximum absolute atomic E-state index is 10.0. The summed E-state index contributed by atoms with van der Waals surface area (Å²) in [5.41, 5.74) is 3.53. The number of phenols is 1. The summed E-state index contributed by atoms with van der Waals surface area (Å²) >= 11 is 0. The summed E-state index contributed by atoms with van der Waals surface area (Å²) in [6.45, 7) is 3.83. The SMILES string of the molecule is COc1cc(CN2Cc3cc(OC)c(O)cc3CC2C)cc(OC)c1. The molecule has 1 heterocycles. The quantitative estimate of drug-likeness (QED) is 0.902. The molecule has 134 valence electrons. The number of benzene rings is 2. The molecule has 0 aromatic heterocycles. The molecule has 1 aliphatic heterocycles. The molecular weight excluding hydrogens is 318 g/mol. The van der Waals surface area contributed by atoms with Crippen LogP contribution < -0.4 is 14.2 Å². The van der Waals surface area contributed by atoms with Gasteiger partial charge in [-0.3, -0.25) is 4.90 Å². The van der Waals surface area contributed by atoms with Crippen LogP contribution in [0.25, 0.3) is 0 Å². The van der Waals surface area contributed by atoms with E-state index in [-0.39, 0.29) is 5.75 Å². The van der Waals surface area contributed by atoms with E-state index in [0.717, 1.165) is 36.6 Å². The highest BCUT2D eigenvalue weighted by atomic mass is 16.5. The Morgan fingerprint density at radius 1 is 0.960 bits per heavy atom. The van der Waals surface area contributed by atoms with Crippen molar-refractivity contribution in [3.05, 3.63) is 47.0 Å². The lowest BCUT2D eigenvalue weighted by Crippen LogP contribution is -2.37. The lowest BCUT2D eigenvalue weighted by atomic mass is 9.93. The second-order valence-electron chi connectivity index (χ2n) is 6.47. The molecule has 0 saturated carbocycles. The first-order valence-corrected chi connectivity index (χ1v) is 8.38. The second-order valence-corrected chi connectivity index (χ2v) is 6.47. The zero-order chi connectivity index (χ0) is 18.0. The molecule has 1 unspecified atom stereocenters. The minimum atomic E-state index is 0.208. The van der Waals surface area contributed by atoms with E-state index in [1.165, 1.54) is 11.1 Å². The van der Waals surface area contributed by atoms with E-state index in [9.17, 15) is 5.11 Å². The first kappa shape index (κ1) is 17.4. The summed E-state index contributed by atoms with van der Waals surface area (Å²) in [6, 6.07) is 10.1. The molecule has 0 aliphatic carbocycles. The van der Waals surface area contributed by atoms with E-state index >= 15 is 0 Å². The van der Waals surface area contributed by atoms with Gasteiger partial charge in [-0.1, -0.05) is 0 Å². The first-order valence-electron chi connectivity index (χ1n) is 8.38. The van der Waals surface area contributed by atoms with Crippen molar-refractivity contribution in [3.8, 4) is 23.0 Å². The Hall–Kier alpha value is -2.40. The van der Waals surface area contributed by atoms with E-state index in [0.29, 0.717) is 11.8 Å².